The molecule has 4 rings (SSSR count). The van der Waals surface area contributed by atoms with Crippen molar-refractivity contribution in [2.75, 3.05) is 38.1 Å². The fourth-order valence-electron chi connectivity index (χ4n) is 3.84. The molecule has 9 heteroatoms. The first kappa shape index (κ1) is 18.5. The Morgan fingerprint density at radius 1 is 1.19 bits per heavy atom. The lowest BCUT2D eigenvalue weighted by Gasteiger charge is -2.46. The van der Waals surface area contributed by atoms with Crippen LogP contribution in [0.5, 0.6) is 0 Å². The van der Waals surface area contributed by atoms with E-state index in [1.807, 2.05) is 11.9 Å². The number of amides is 1. The molecule has 3 heterocycles. The molecule has 2 fully saturated rings. The minimum Gasteiger partial charge on any atom is -0.309 e. The molecule has 0 aliphatic carbocycles. The number of hydrogen-bond acceptors (Lipinski definition) is 5. The summed E-state index contributed by atoms with van der Waals surface area (Å²) in [5.74, 6) is -0.519. The second-order valence-corrected chi connectivity index (χ2v) is 10.2. The van der Waals surface area contributed by atoms with E-state index in [4.69, 9.17) is 0 Å². The van der Waals surface area contributed by atoms with Gasteiger partial charge in [-0.25, -0.2) is 12.8 Å². The third-order valence-corrected chi connectivity index (χ3v) is 8.66. The lowest BCUT2D eigenvalue weighted by molar-refractivity contribution is -0.123. The molecule has 0 N–H and O–H groups in total. The molecule has 1 unspecified atom stereocenters. The van der Waals surface area contributed by atoms with Crippen molar-refractivity contribution in [3.8, 4) is 0 Å². The van der Waals surface area contributed by atoms with Crippen LogP contribution in [0.25, 0.3) is 0 Å². The summed E-state index contributed by atoms with van der Waals surface area (Å²) in [5, 5.41) is 1.75. The minimum atomic E-state index is -3.53. The molecule has 27 heavy (non-hydrogen) atoms. The fourth-order valence-corrected chi connectivity index (χ4v) is 6.51. The Labute approximate surface area is 161 Å². The monoisotopic (exact) mass is 409 g/mol. The highest BCUT2D eigenvalue weighted by Crippen LogP contribution is 2.36. The van der Waals surface area contributed by atoms with Gasteiger partial charge in [-0.1, -0.05) is 12.1 Å². The van der Waals surface area contributed by atoms with Gasteiger partial charge in [-0.15, -0.1) is 11.3 Å². The van der Waals surface area contributed by atoms with E-state index in [0.29, 0.717) is 36.0 Å². The highest BCUT2D eigenvalue weighted by Gasteiger charge is 2.50. The van der Waals surface area contributed by atoms with Gasteiger partial charge < -0.3 is 4.90 Å². The van der Waals surface area contributed by atoms with Crippen molar-refractivity contribution >= 4 is 33.0 Å². The van der Waals surface area contributed by atoms with Gasteiger partial charge in [-0.3, -0.25) is 9.69 Å². The van der Waals surface area contributed by atoms with Crippen molar-refractivity contribution in [1.29, 1.82) is 0 Å². The van der Waals surface area contributed by atoms with Crippen molar-refractivity contribution in [3.05, 3.63) is 47.6 Å². The molecule has 2 aromatic rings. The minimum absolute atomic E-state index is 0.117. The van der Waals surface area contributed by atoms with Gasteiger partial charge in [0.2, 0.25) is 5.91 Å². The van der Waals surface area contributed by atoms with Crippen LogP contribution < -0.4 is 4.90 Å². The summed E-state index contributed by atoms with van der Waals surface area (Å²) in [7, 11) is -1.69. The third kappa shape index (κ3) is 3.18. The molecule has 6 nitrogen and oxygen atoms in total. The number of sulfonamides is 1. The molecular weight excluding hydrogens is 389 g/mol. The first-order valence-corrected chi connectivity index (χ1v) is 10.9. The zero-order valence-corrected chi connectivity index (χ0v) is 16.5. The molecular formula is C18H20FN3O3S2. The van der Waals surface area contributed by atoms with Crippen LogP contribution in [-0.4, -0.2) is 62.3 Å². The van der Waals surface area contributed by atoms with Gasteiger partial charge in [0.05, 0.1) is 12.1 Å². The van der Waals surface area contributed by atoms with E-state index in [9.17, 15) is 17.6 Å². The van der Waals surface area contributed by atoms with Gasteiger partial charge in [-0.2, -0.15) is 4.31 Å². The number of likely N-dealkylation sites (N-methyl/N-ethyl adjacent to an activating group) is 1. The molecule has 0 bridgehead atoms. The molecule has 1 aromatic heterocycles. The van der Waals surface area contributed by atoms with E-state index >= 15 is 0 Å². The summed E-state index contributed by atoms with van der Waals surface area (Å²) in [6.45, 7) is 1.21. The molecule has 1 spiro atoms. The number of nitrogens with zero attached hydrogens (tertiary/aromatic N) is 3. The maximum Gasteiger partial charge on any atom is 0.252 e. The van der Waals surface area contributed by atoms with Crippen LogP contribution in [0.2, 0.25) is 0 Å². The third-order valence-electron chi connectivity index (χ3n) is 5.44. The molecule has 1 aromatic carbocycles. The van der Waals surface area contributed by atoms with Crippen LogP contribution in [0.1, 0.15) is 6.42 Å². The number of benzene rings is 1. The number of halogens is 1. The van der Waals surface area contributed by atoms with Crippen LogP contribution in [0.4, 0.5) is 10.1 Å². The highest BCUT2D eigenvalue weighted by atomic mass is 32.2. The van der Waals surface area contributed by atoms with Crippen LogP contribution in [0.15, 0.2) is 46.0 Å². The van der Waals surface area contributed by atoms with E-state index in [2.05, 4.69) is 0 Å². The summed E-state index contributed by atoms with van der Waals surface area (Å²) in [6.07, 6.45) is 0.618. The molecule has 0 saturated carbocycles. The molecule has 2 aliphatic heterocycles. The Morgan fingerprint density at radius 3 is 2.70 bits per heavy atom. The first-order chi connectivity index (χ1) is 12.8. The Balaban J connectivity index is 1.62. The number of anilines is 1. The zero-order chi connectivity index (χ0) is 19.2. The lowest BCUT2D eigenvalue weighted by Crippen LogP contribution is -2.64. The van der Waals surface area contributed by atoms with Crippen LogP contribution in [-0.2, 0) is 14.8 Å². The largest absolute Gasteiger partial charge is 0.309 e. The predicted octanol–water partition coefficient (Wildman–Crippen LogP) is 2.00. The maximum atomic E-state index is 13.6. The summed E-state index contributed by atoms with van der Waals surface area (Å²) >= 11 is 1.20. The van der Waals surface area contributed by atoms with Crippen molar-refractivity contribution in [2.24, 2.45) is 0 Å². The van der Waals surface area contributed by atoms with Gasteiger partial charge in [0.1, 0.15) is 10.0 Å². The van der Waals surface area contributed by atoms with Crippen LogP contribution in [0, 0.1) is 5.82 Å². The van der Waals surface area contributed by atoms with E-state index in [-0.39, 0.29) is 12.5 Å². The van der Waals surface area contributed by atoms with Crippen molar-refractivity contribution in [3.63, 3.8) is 0 Å². The average Bonchev–Trinajstić information content (AvgIpc) is 3.30. The van der Waals surface area contributed by atoms with Crippen molar-refractivity contribution in [1.82, 2.24) is 9.21 Å². The molecule has 2 saturated heterocycles. The van der Waals surface area contributed by atoms with E-state index < -0.39 is 21.4 Å². The smallest absolute Gasteiger partial charge is 0.252 e. The number of piperazine rings is 1. The van der Waals surface area contributed by atoms with Gasteiger partial charge in [0, 0.05) is 25.3 Å². The quantitative estimate of drug-likeness (QED) is 0.778. The summed E-state index contributed by atoms with van der Waals surface area (Å²) in [5.41, 5.74) is 0.0249. The normalized spacial score (nSPS) is 24.8. The van der Waals surface area contributed by atoms with E-state index in [0.717, 1.165) is 0 Å². The van der Waals surface area contributed by atoms with Crippen molar-refractivity contribution in [2.45, 2.75) is 16.2 Å². The van der Waals surface area contributed by atoms with Gasteiger partial charge in [-0.05, 0) is 43.1 Å². The van der Waals surface area contributed by atoms with Crippen LogP contribution in [0.3, 0.4) is 0 Å². The topological polar surface area (TPSA) is 60.9 Å². The Bertz CT molecular complexity index is 964. The van der Waals surface area contributed by atoms with Gasteiger partial charge in [0.25, 0.3) is 10.0 Å². The fraction of sp³-hybridized carbons (Fsp3) is 0.389. The molecule has 144 valence electrons. The molecule has 1 amide bonds. The second-order valence-electron chi connectivity index (χ2n) is 7.06. The number of carbonyl (C=O) groups excluding carboxylic acids is 1. The van der Waals surface area contributed by atoms with Gasteiger partial charge in [0.15, 0.2) is 0 Å². The Kier molecular flexibility index (Phi) is 4.58. The predicted molar refractivity (Wildman–Crippen MR) is 102 cm³/mol. The number of thiophene rings is 1. The summed E-state index contributed by atoms with van der Waals surface area (Å²) < 4.78 is 41.2. The molecule has 0 radical (unpaired) electrons. The SMILES string of the molecule is CN1CC(=O)N(c2cccc(F)c2)CC12CCN(S(=O)(=O)c1cccs1)C2. The first-order valence-electron chi connectivity index (χ1n) is 8.63. The van der Waals surface area contributed by atoms with E-state index in [1.165, 1.54) is 27.8 Å². The van der Waals surface area contributed by atoms with Gasteiger partial charge >= 0.3 is 0 Å². The maximum absolute atomic E-state index is 13.6. The van der Waals surface area contributed by atoms with Crippen LogP contribution >= 0.6 is 11.3 Å². The Hall–Kier alpha value is -1.81. The summed E-state index contributed by atoms with van der Waals surface area (Å²) in [6, 6.07) is 9.29. The zero-order valence-electron chi connectivity index (χ0n) is 14.8. The second kappa shape index (κ2) is 6.66. The highest BCUT2D eigenvalue weighted by molar-refractivity contribution is 7.91. The molecule has 2 aliphatic rings. The van der Waals surface area contributed by atoms with E-state index in [1.54, 1.807) is 34.5 Å². The summed E-state index contributed by atoms with van der Waals surface area (Å²) in [4.78, 5) is 16.1. The Morgan fingerprint density at radius 2 is 2.00 bits per heavy atom. The lowest BCUT2D eigenvalue weighted by atomic mass is 9.92. The average molecular weight is 410 g/mol. The standard InChI is InChI=1S/C18H20FN3O3S2/c1-20-11-16(23)22(15-5-2-4-14(19)10-15)13-18(20)7-8-21(12-18)27(24,25)17-6-3-9-26-17/h2-6,9-10H,7-8,11-13H2,1H3. The number of hydrogen-bond donors (Lipinski definition) is 0. The molecule has 1 atom stereocenters. The number of rotatable bonds is 3. The van der Waals surface area contributed by atoms with Crippen molar-refractivity contribution < 1.29 is 17.6 Å². The number of carbonyl (C=O) groups is 1.